The number of rotatable bonds is 6. The van der Waals surface area contributed by atoms with Gasteiger partial charge in [0.15, 0.2) is 0 Å². The fourth-order valence-corrected chi connectivity index (χ4v) is 1.92. The maximum absolute atomic E-state index is 11.8. The average molecular weight is 272 g/mol. The van der Waals surface area contributed by atoms with Crippen LogP contribution < -0.4 is 5.32 Å². The van der Waals surface area contributed by atoms with Gasteiger partial charge in [-0.3, -0.25) is 4.79 Å². The van der Waals surface area contributed by atoms with Crippen LogP contribution in [0.15, 0.2) is 48.7 Å². The molecule has 5 heteroatoms. The second kappa shape index (κ2) is 6.56. The molecule has 0 fully saturated rings. The summed E-state index contributed by atoms with van der Waals surface area (Å²) < 4.78 is 0. The summed E-state index contributed by atoms with van der Waals surface area (Å²) in [5.41, 5.74) is 1.41. The summed E-state index contributed by atoms with van der Waals surface area (Å²) in [6.07, 6.45) is 2.57. The average Bonchev–Trinajstić information content (AvgIpc) is 2.98. The van der Waals surface area contributed by atoms with Gasteiger partial charge in [0, 0.05) is 6.20 Å². The third-order valence-corrected chi connectivity index (χ3v) is 3.01. The van der Waals surface area contributed by atoms with E-state index in [0.717, 1.165) is 5.56 Å². The van der Waals surface area contributed by atoms with Gasteiger partial charge in [-0.2, -0.15) is 0 Å². The smallest absolute Gasteiger partial charge is 0.326 e. The first kappa shape index (κ1) is 13.9. The lowest BCUT2D eigenvalue weighted by Crippen LogP contribution is -2.41. The van der Waals surface area contributed by atoms with Gasteiger partial charge in [0.25, 0.3) is 5.91 Å². The van der Waals surface area contributed by atoms with E-state index in [4.69, 9.17) is 0 Å². The van der Waals surface area contributed by atoms with E-state index in [9.17, 15) is 14.7 Å². The van der Waals surface area contributed by atoms with Crippen LogP contribution in [-0.2, 0) is 11.2 Å². The number of carbonyl (C=O) groups excluding carboxylic acids is 1. The Balaban J connectivity index is 1.94. The molecule has 1 aromatic heterocycles. The molecule has 0 aliphatic rings. The van der Waals surface area contributed by atoms with E-state index in [1.54, 1.807) is 18.3 Å². The minimum absolute atomic E-state index is 0.353. The lowest BCUT2D eigenvalue weighted by molar-refractivity contribution is -0.139. The zero-order valence-corrected chi connectivity index (χ0v) is 10.9. The lowest BCUT2D eigenvalue weighted by atomic mass is 10.1. The van der Waals surface area contributed by atoms with E-state index in [1.807, 2.05) is 30.3 Å². The Morgan fingerprint density at radius 2 is 1.90 bits per heavy atom. The number of hydrogen-bond acceptors (Lipinski definition) is 2. The van der Waals surface area contributed by atoms with Crippen LogP contribution >= 0.6 is 0 Å². The molecule has 1 amide bonds. The van der Waals surface area contributed by atoms with Gasteiger partial charge in [-0.15, -0.1) is 0 Å². The summed E-state index contributed by atoms with van der Waals surface area (Å²) in [6, 6.07) is 12.0. The molecular weight excluding hydrogens is 256 g/mol. The standard InChI is InChI=1S/C15H16N2O3/c18-14(12-7-4-10-16-12)17-13(15(19)20)9-8-11-5-2-1-3-6-11/h1-7,10,13,16H,8-9H2,(H,17,18)(H,19,20). The van der Waals surface area contributed by atoms with Crippen molar-refractivity contribution in [2.45, 2.75) is 18.9 Å². The largest absolute Gasteiger partial charge is 0.480 e. The van der Waals surface area contributed by atoms with Crippen LogP contribution in [0.1, 0.15) is 22.5 Å². The molecule has 5 nitrogen and oxygen atoms in total. The fourth-order valence-electron chi connectivity index (χ4n) is 1.92. The Morgan fingerprint density at radius 1 is 1.15 bits per heavy atom. The normalized spacial score (nSPS) is 11.8. The van der Waals surface area contributed by atoms with E-state index in [2.05, 4.69) is 10.3 Å². The maximum atomic E-state index is 11.8. The SMILES string of the molecule is O=C(NC(CCc1ccccc1)C(=O)O)c1ccc[nH]1. The van der Waals surface area contributed by atoms with Crippen LogP contribution in [0.4, 0.5) is 0 Å². The van der Waals surface area contributed by atoms with Crippen LogP contribution in [0, 0.1) is 0 Å². The molecule has 2 rings (SSSR count). The molecule has 0 bridgehead atoms. The molecule has 0 saturated carbocycles. The molecule has 1 aromatic carbocycles. The Hall–Kier alpha value is -2.56. The number of benzene rings is 1. The highest BCUT2D eigenvalue weighted by molar-refractivity contribution is 5.95. The summed E-state index contributed by atoms with van der Waals surface area (Å²) in [4.78, 5) is 25.8. The first-order valence-electron chi connectivity index (χ1n) is 6.38. The van der Waals surface area contributed by atoms with Gasteiger partial charge >= 0.3 is 5.97 Å². The molecule has 0 aliphatic heterocycles. The number of nitrogens with one attached hydrogen (secondary N) is 2. The maximum Gasteiger partial charge on any atom is 0.326 e. The van der Waals surface area contributed by atoms with Crippen LogP contribution in [-0.4, -0.2) is 28.0 Å². The number of carboxylic acid groups (broad SMARTS) is 1. The summed E-state index contributed by atoms with van der Waals surface area (Å²) in [5.74, 6) is -1.43. The van der Waals surface area contributed by atoms with Crippen molar-refractivity contribution in [1.82, 2.24) is 10.3 Å². The summed E-state index contributed by atoms with van der Waals surface area (Å²) in [7, 11) is 0. The number of aliphatic carboxylic acids is 1. The molecule has 1 heterocycles. The quantitative estimate of drug-likeness (QED) is 0.750. The van der Waals surface area contributed by atoms with Crippen molar-refractivity contribution < 1.29 is 14.7 Å². The van der Waals surface area contributed by atoms with Gasteiger partial charge < -0.3 is 15.4 Å². The zero-order valence-electron chi connectivity index (χ0n) is 10.9. The number of carbonyl (C=O) groups is 2. The highest BCUT2D eigenvalue weighted by Gasteiger charge is 2.20. The number of aryl methyl sites for hydroxylation is 1. The first-order valence-corrected chi connectivity index (χ1v) is 6.38. The van der Waals surface area contributed by atoms with Gasteiger partial charge in [-0.25, -0.2) is 4.79 Å². The van der Waals surface area contributed by atoms with Crippen molar-refractivity contribution in [1.29, 1.82) is 0 Å². The third kappa shape index (κ3) is 3.71. The molecule has 0 aliphatic carbocycles. The Labute approximate surface area is 116 Å². The van der Waals surface area contributed by atoms with Gasteiger partial charge in [-0.1, -0.05) is 30.3 Å². The van der Waals surface area contributed by atoms with E-state index in [1.165, 1.54) is 0 Å². The van der Waals surface area contributed by atoms with E-state index >= 15 is 0 Å². The number of aromatic nitrogens is 1. The molecule has 104 valence electrons. The number of carboxylic acids is 1. The molecule has 1 unspecified atom stereocenters. The van der Waals surface area contributed by atoms with Crippen molar-refractivity contribution >= 4 is 11.9 Å². The van der Waals surface area contributed by atoms with Crippen molar-refractivity contribution in [2.24, 2.45) is 0 Å². The molecular formula is C15H16N2O3. The summed E-state index contributed by atoms with van der Waals surface area (Å²) >= 11 is 0. The number of aromatic amines is 1. The number of amides is 1. The predicted octanol–water partition coefficient (Wildman–Crippen LogP) is 1.83. The van der Waals surface area contributed by atoms with Crippen LogP contribution in [0.25, 0.3) is 0 Å². The van der Waals surface area contributed by atoms with Crippen molar-refractivity contribution in [3.8, 4) is 0 Å². The lowest BCUT2D eigenvalue weighted by Gasteiger charge is -2.14. The molecule has 20 heavy (non-hydrogen) atoms. The molecule has 3 N–H and O–H groups in total. The topological polar surface area (TPSA) is 82.2 Å². The highest BCUT2D eigenvalue weighted by atomic mass is 16.4. The number of H-pyrrole nitrogens is 1. The third-order valence-electron chi connectivity index (χ3n) is 3.01. The van der Waals surface area contributed by atoms with Gasteiger partial charge in [0.05, 0.1) is 0 Å². The minimum atomic E-state index is -1.03. The first-order chi connectivity index (χ1) is 9.66. The monoisotopic (exact) mass is 272 g/mol. The van der Waals surface area contributed by atoms with Crippen molar-refractivity contribution in [3.05, 3.63) is 59.9 Å². The van der Waals surface area contributed by atoms with Crippen LogP contribution in [0.5, 0.6) is 0 Å². The predicted molar refractivity (Wildman–Crippen MR) is 74.4 cm³/mol. The van der Waals surface area contributed by atoms with E-state index < -0.39 is 17.9 Å². The van der Waals surface area contributed by atoms with E-state index in [0.29, 0.717) is 18.5 Å². The zero-order chi connectivity index (χ0) is 14.4. The Kier molecular flexibility index (Phi) is 4.55. The molecule has 1 atom stereocenters. The second-order valence-electron chi connectivity index (χ2n) is 4.47. The molecule has 2 aromatic rings. The van der Waals surface area contributed by atoms with Gasteiger partial charge in [0.2, 0.25) is 0 Å². The van der Waals surface area contributed by atoms with Crippen molar-refractivity contribution in [2.75, 3.05) is 0 Å². The summed E-state index contributed by atoms with van der Waals surface area (Å²) in [6.45, 7) is 0. The van der Waals surface area contributed by atoms with Crippen LogP contribution in [0.2, 0.25) is 0 Å². The molecule has 0 radical (unpaired) electrons. The summed E-state index contributed by atoms with van der Waals surface area (Å²) in [5, 5.41) is 11.7. The highest BCUT2D eigenvalue weighted by Crippen LogP contribution is 2.06. The number of hydrogen-bond donors (Lipinski definition) is 3. The molecule has 0 spiro atoms. The Morgan fingerprint density at radius 3 is 2.50 bits per heavy atom. The van der Waals surface area contributed by atoms with Crippen LogP contribution in [0.3, 0.4) is 0 Å². The minimum Gasteiger partial charge on any atom is -0.480 e. The van der Waals surface area contributed by atoms with Crippen molar-refractivity contribution in [3.63, 3.8) is 0 Å². The second-order valence-corrected chi connectivity index (χ2v) is 4.47. The van der Waals surface area contributed by atoms with Gasteiger partial charge in [0.1, 0.15) is 11.7 Å². The van der Waals surface area contributed by atoms with E-state index in [-0.39, 0.29) is 0 Å². The molecule has 0 saturated heterocycles. The van der Waals surface area contributed by atoms with Gasteiger partial charge in [-0.05, 0) is 30.5 Å². The Bertz CT molecular complexity index is 564. The fraction of sp³-hybridized carbons (Fsp3) is 0.200.